The first-order chi connectivity index (χ1) is 14.6. The first-order valence-corrected chi connectivity index (χ1v) is 9.72. The lowest BCUT2D eigenvalue weighted by molar-refractivity contribution is -0.122. The van der Waals surface area contributed by atoms with Crippen LogP contribution in [0.1, 0.15) is 36.0 Å². The summed E-state index contributed by atoms with van der Waals surface area (Å²) in [6.45, 7) is 2.11. The van der Waals surface area contributed by atoms with Gasteiger partial charge in [-0.1, -0.05) is 66.7 Å². The van der Waals surface area contributed by atoms with E-state index in [2.05, 4.69) is 20.8 Å². The summed E-state index contributed by atoms with van der Waals surface area (Å²) in [5.41, 5.74) is 5.81. The van der Waals surface area contributed by atoms with E-state index in [1.54, 1.807) is 19.3 Å². The second-order valence-electron chi connectivity index (χ2n) is 6.89. The van der Waals surface area contributed by atoms with Gasteiger partial charge in [0.15, 0.2) is 0 Å². The molecule has 0 spiro atoms. The third-order valence-electron chi connectivity index (χ3n) is 4.51. The average molecular weight is 400 g/mol. The van der Waals surface area contributed by atoms with Gasteiger partial charge in [-0.25, -0.2) is 5.43 Å². The van der Waals surface area contributed by atoms with Gasteiger partial charge < -0.3 is 5.32 Å². The Kier molecular flexibility index (Phi) is 7.44. The zero-order chi connectivity index (χ0) is 21.2. The Bertz CT molecular complexity index is 950. The molecule has 2 aromatic carbocycles. The van der Waals surface area contributed by atoms with E-state index >= 15 is 0 Å². The number of rotatable bonds is 8. The molecule has 30 heavy (non-hydrogen) atoms. The number of aromatic nitrogens is 1. The number of carbonyl (C=O) groups excluding carboxylic acids is 2. The van der Waals surface area contributed by atoms with E-state index in [0.29, 0.717) is 12.3 Å². The summed E-state index contributed by atoms with van der Waals surface area (Å²) in [4.78, 5) is 29.1. The van der Waals surface area contributed by atoms with Crippen molar-refractivity contribution in [2.75, 3.05) is 0 Å². The minimum Gasteiger partial charge on any atom is -0.352 e. The Labute approximate surface area is 176 Å². The van der Waals surface area contributed by atoms with Gasteiger partial charge in [0.2, 0.25) is 5.91 Å². The molecule has 0 unspecified atom stereocenters. The van der Waals surface area contributed by atoms with E-state index in [1.165, 1.54) is 0 Å². The number of amides is 2. The SMILES string of the molecule is C/C(CC(=O)NCc1cccnc1)=N/NC(=O)C(c1ccccc1)c1ccccc1. The van der Waals surface area contributed by atoms with E-state index in [4.69, 9.17) is 0 Å². The van der Waals surface area contributed by atoms with Crippen molar-refractivity contribution in [1.82, 2.24) is 15.7 Å². The predicted octanol–water partition coefficient (Wildman–Crippen LogP) is 3.41. The molecule has 0 bridgehead atoms. The molecule has 3 rings (SSSR count). The molecule has 1 heterocycles. The molecule has 3 aromatic rings. The Morgan fingerprint density at radius 3 is 2.13 bits per heavy atom. The third kappa shape index (κ3) is 6.10. The van der Waals surface area contributed by atoms with Gasteiger partial charge in [0.05, 0.1) is 12.3 Å². The highest BCUT2D eigenvalue weighted by molar-refractivity contribution is 6.00. The van der Waals surface area contributed by atoms with Crippen molar-refractivity contribution in [3.63, 3.8) is 0 Å². The van der Waals surface area contributed by atoms with Crippen LogP contribution in [0.3, 0.4) is 0 Å². The lowest BCUT2D eigenvalue weighted by Crippen LogP contribution is -2.29. The maximum absolute atomic E-state index is 12.9. The number of benzene rings is 2. The van der Waals surface area contributed by atoms with Gasteiger partial charge in [-0.15, -0.1) is 0 Å². The van der Waals surface area contributed by atoms with Crippen molar-refractivity contribution in [1.29, 1.82) is 0 Å². The van der Waals surface area contributed by atoms with Crippen LogP contribution in [-0.2, 0) is 16.1 Å². The fourth-order valence-corrected chi connectivity index (χ4v) is 3.04. The fourth-order valence-electron chi connectivity index (χ4n) is 3.04. The standard InChI is InChI=1S/C24H24N4O2/c1-18(15-22(29)26-17-19-9-8-14-25-16-19)27-28-24(30)23(20-10-4-2-5-11-20)21-12-6-3-7-13-21/h2-14,16,23H,15,17H2,1H3,(H,26,29)(H,28,30)/b27-18-. The highest BCUT2D eigenvalue weighted by Gasteiger charge is 2.22. The molecule has 0 atom stereocenters. The average Bonchev–Trinajstić information content (AvgIpc) is 2.79. The monoisotopic (exact) mass is 400 g/mol. The van der Waals surface area contributed by atoms with Gasteiger partial charge in [-0.3, -0.25) is 14.6 Å². The summed E-state index contributed by atoms with van der Waals surface area (Å²) >= 11 is 0. The van der Waals surface area contributed by atoms with E-state index in [-0.39, 0.29) is 18.2 Å². The maximum Gasteiger partial charge on any atom is 0.252 e. The molecule has 0 fully saturated rings. The Morgan fingerprint density at radius 2 is 1.57 bits per heavy atom. The van der Waals surface area contributed by atoms with Crippen LogP contribution in [0.2, 0.25) is 0 Å². The molecule has 152 valence electrons. The normalized spacial score (nSPS) is 11.2. The molecule has 0 saturated carbocycles. The van der Waals surface area contributed by atoms with E-state index in [9.17, 15) is 9.59 Å². The minimum absolute atomic E-state index is 0.0991. The first-order valence-electron chi connectivity index (χ1n) is 9.72. The number of nitrogens with one attached hydrogen (secondary N) is 2. The zero-order valence-electron chi connectivity index (χ0n) is 16.8. The molecule has 2 amide bonds. The van der Waals surface area contributed by atoms with Crippen LogP contribution in [-0.4, -0.2) is 22.5 Å². The Hall–Kier alpha value is -3.80. The summed E-state index contributed by atoms with van der Waals surface area (Å²) in [6.07, 6.45) is 3.49. The zero-order valence-corrected chi connectivity index (χ0v) is 16.8. The highest BCUT2D eigenvalue weighted by Crippen LogP contribution is 2.24. The Balaban J connectivity index is 1.61. The van der Waals surface area contributed by atoms with Gasteiger partial charge in [0, 0.05) is 24.7 Å². The molecule has 0 aliphatic carbocycles. The molecule has 0 saturated heterocycles. The largest absolute Gasteiger partial charge is 0.352 e. The molecule has 6 heteroatoms. The van der Waals surface area contributed by atoms with Crippen molar-refractivity contribution in [2.45, 2.75) is 25.8 Å². The van der Waals surface area contributed by atoms with Gasteiger partial charge in [-0.05, 0) is 29.7 Å². The lowest BCUT2D eigenvalue weighted by Gasteiger charge is -2.16. The first kappa shape index (κ1) is 20.9. The van der Waals surface area contributed by atoms with Crippen molar-refractivity contribution in [2.24, 2.45) is 5.10 Å². The third-order valence-corrected chi connectivity index (χ3v) is 4.51. The van der Waals surface area contributed by atoms with Crippen molar-refractivity contribution in [3.05, 3.63) is 102 Å². The molecule has 2 N–H and O–H groups in total. The summed E-state index contributed by atoms with van der Waals surface area (Å²) in [7, 11) is 0. The van der Waals surface area contributed by atoms with Crippen molar-refractivity contribution in [3.8, 4) is 0 Å². The van der Waals surface area contributed by atoms with Crippen LogP contribution in [0.15, 0.2) is 90.3 Å². The fraction of sp³-hybridized carbons (Fsp3) is 0.167. The summed E-state index contributed by atoms with van der Waals surface area (Å²) in [6, 6.07) is 22.8. The van der Waals surface area contributed by atoms with Crippen LogP contribution in [0.25, 0.3) is 0 Å². The quantitative estimate of drug-likeness (QED) is 0.449. The number of pyridine rings is 1. The van der Waals surface area contributed by atoms with Crippen molar-refractivity contribution >= 4 is 17.5 Å². The lowest BCUT2D eigenvalue weighted by atomic mass is 9.91. The van der Waals surface area contributed by atoms with Crippen LogP contribution in [0.4, 0.5) is 0 Å². The summed E-state index contributed by atoms with van der Waals surface area (Å²) in [5.74, 6) is -0.900. The molecule has 0 radical (unpaired) electrons. The summed E-state index contributed by atoms with van der Waals surface area (Å²) < 4.78 is 0. The van der Waals surface area contributed by atoms with Gasteiger partial charge in [0.1, 0.15) is 0 Å². The van der Waals surface area contributed by atoms with Crippen LogP contribution in [0.5, 0.6) is 0 Å². The number of hydrogen-bond acceptors (Lipinski definition) is 4. The molecule has 1 aromatic heterocycles. The number of hydrazone groups is 1. The summed E-state index contributed by atoms with van der Waals surface area (Å²) in [5, 5.41) is 6.95. The van der Waals surface area contributed by atoms with Gasteiger partial charge in [0.25, 0.3) is 5.91 Å². The maximum atomic E-state index is 12.9. The molecular weight excluding hydrogens is 376 g/mol. The highest BCUT2D eigenvalue weighted by atomic mass is 16.2. The second-order valence-corrected chi connectivity index (χ2v) is 6.89. The Morgan fingerprint density at radius 1 is 0.933 bits per heavy atom. The van der Waals surface area contributed by atoms with Gasteiger partial charge >= 0.3 is 0 Å². The molecule has 0 aliphatic rings. The number of hydrogen-bond donors (Lipinski definition) is 2. The van der Waals surface area contributed by atoms with Crippen LogP contribution >= 0.6 is 0 Å². The number of nitrogens with zero attached hydrogens (tertiary/aromatic N) is 2. The van der Waals surface area contributed by atoms with E-state index in [1.807, 2.05) is 72.8 Å². The number of carbonyl (C=O) groups is 2. The molecule has 0 aliphatic heterocycles. The predicted molar refractivity (Wildman–Crippen MR) is 117 cm³/mol. The van der Waals surface area contributed by atoms with E-state index in [0.717, 1.165) is 16.7 Å². The topological polar surface area (TPSA) is 83.4 Å². The van der Waals surface area contributed by atoms with E-state index < -0.39 is 5.92 Å². The molecule has 6 nitrogen and oxygen atoms in total. The minimum atomic E-state index is -0.483. The van der Waals surface area contributed by atoms with Crippen molar-refractivity contribution < 1.29 is 9.59 Å². The second kappa shape index (κ2) is 10.7. The van der Waals surface area contributed by atoms with Gasteiger partial charge in [-0.2, -0.15) is 5.10 Å². The smallest absolute Gasteiger partial charge is 0.252 e. The molecular formula is C24H24N4O2. The van der Waals surface area contributed by atoms with Crippen LogP contribution < -0.4 is 10.7 Å². The van der Waals surface area contributed by atoms with Crippen LogP contribution in [0, 0.1) is 0 Å².